The molecule has 0 saturated heterocycles. The van der Waals surface area contributed by atoms with Crippen molar-refractivity contribution in [1.82, 2.24) is 0 Å². The van der Waals surface area contributed by atoms with Crippen LogP contribution in [0.25, 0.3) is 0 Å². The molecule has 1 unspecified atom stereocenters. The van der Waals surface area contributed by atoms with E-state index in [0.717, 1.165) is 16.8 Å². The van der Waals surface area contributed by atoms with Gasteiger partial charge < -0.3 is 15.7 Å². The van der Waals surface area contributed by atoms with Crippen molar-refractivity contribution in [2.45, 2.75) is 33.1 Å². The van der Waals surface area contributed by atoms with Gasteiger partial charge >= 0.3 is 5.97 Å². The third-order valence-electron chi connectivity index (χ3n) is 4.91. The van der Waals surface area contributed by atoms with Gasteiger partial charge in [-0.05, 0) is 55.5 Å². The minimum atomic E-state index is -1.03. The number of benzene rings is 2. The average Bonchev–Trinajstić information content (AvgIpc) is 2.62. The van der Waals surface area contributed by atoms with Crippen molar-refractivity contribution in [2.75, 3.05) is 10.6 Å². The summed E-state index contributed by atoms with van der Waals surface area (Å²) in [5, 5.41) is 14.9. The number of amides is 2. The molecule has 1 atom stereocenters. The van der Waals surface area contributed by atoms with Crippen LogP contribution in [-0.2, 0) is 16.0 Å². The number of fused-ring (bicyclic) bond motifs is 1. The Morgan fingerprint density at radius 1 is 1.19 bits per heavy atom. The molecule has 0 bridgehead atoms. The van der Waals surface area contributed by atoms with E-state index in [1.807, 2.05) is 31.2 Å². The molecule has 1 aliphatic heterocycles. The van der Waals surface area contributed by atoms with E-state index >= 15 is 0 Å². The normalized spacial score (nSPS) is 15.6. The van der Waals surface area contributed by atoms with Gasteiger partial charge in [-0.1, -0.05) is 24.3 Å². The van der Waals surface area contributed by atoms with Crippen LogP contribution in [0.1, 0.15) is 39.9 Å². The van der Waals surface area contributed by atoms with Crippen molar-refractivity contribution < 1.29 is 19.5 Å². The first-order valence-corrected chi connectivity index (χ1v) is 8.88. The Morgan fingerprint density at radius 2 is 1.93 bits per heavy atom. The number of hydrogen-bond acceptors (Lipinski definition) is 3. The van der Waals surface area contributed by atoms with E-state index < -0.39 is 5.97 Å². The number of aryl methyl sites for hydroxylation is 2. The molecule has 0 aliphatic carbocycles. The van der Waals surface area contributed by atoms with Crippen molar-refractivity contribution in [3.05, 3.63) is 58.7 Å². The second-order valence-corrected chi connectivity index (χ2v) is 6.92. The first-order chi connectivity index (χ1) is 12.8. The van der Waals surface area contributed by atoms with E-state index in [4.69, 9.17) is 0 Å². The molecule has 6 heteroatoms. The average molecular weight is 366 g/mol. The zero-order valence-electron chi connectivity index (χ0n) is 15.3. The zero-order chi connectivity index (χ0) is 19.6. The molecule has 0 radical (unpaired) electrons. The Balaban J connectivity index is 1.63. The van der Waals surface area contributed by atoms with Crippen LogP contribution in [-0.4, -0.2) is 22.9 Å². The number of hydrogen-bond donors (Lipinski definition) is 3. The van der Waals surface area contributed by atoms with Crippen molar-refractivity contribution >= 4 is 29.2 Å². The van der Waals surface area contributed by atoms with Crippen LogP contribution >= 0.6 is 0 Å². The van der Waals surface area contributed by atoms with Gasteiger partial charge in [0.2, 0.25) is 11.8 Å². The van der Waals surface area contributed by atoms with Gasteiger partial charge in [0, 0.05) is 23.7 Å². The highest BCUT2D eigenvalue weighted by Gasteiger charge is 2.26. The molecular weight excluding hydrogens is 344 g/mol. The molecule has 3 N–H and O–H groups in total. The predicted molar refractivity (Wildman–Crippen MR) is 103 cm³/mol. The fraction of sp³-hybridized carbons (Fsp3) is 0.286. The molecule has 0 aromatic heterocycles. The summed E-state index contributed by atoms with van der Waals surface area (Å²) in [5.41, 5.74) is 4.01. The Kier molecular flexibility index (Phi) is 5.26. The second kappa shape index (κ2) is 7.61. The lowest BCUT2D eigenvalue weighted by atomic mass is 9.89. The minimum Gasteiger partial charge on any atom is -0.478 e. The maximum absolute atomic E-state index is 12.3. The number of anilines is 2. The van der Waals surface area contributed by atoms with Gasteiger partial charge in [-0.2, -0.15) is 0 Å². The highest BCUT2D eigenvalue weighted by atomic mass is 16.4. The van der Waals surface area contributed by atoms with Crippen molar-refractivity contribution in [3.8, 4) is 0 Å². The summed E-state index contributed by atoms with van der Waals surface area (Å²) in [7, 11) is 0. The maximum atomic E-state index is 12.3. The molecule has 2 amide bonds. The topological polar surface area (TPSA) is 95.5 Å². The monoisotopic (exact) mass is 366 g/mol. The van der Waals surface area contributed by atoms with Crippen LogP contribution < -0.4 is 10.6 Å². The number of carbonyl (C=O) groups is 3. The second-order valence-electron chi connectivity index (χ2n) is 6.92. The van der Waals surface area contributed by atoms with E-state index in [1.165, 1.54) is 6.07 Å². The third-order valence-corrected chi connectivity index (χ3v) is 4.91. The molecule has 27 heavy (non-hydrogen) atoms. The standard InChI is InChI=1S/C21H22N2O4/c1-12-9-13(2)18(11-16(12)21(26)27)22-19(24)8-7-15-10-14-5-3-4-6-17(14)23-20(15)25/h3-6,9,11,15H,7-8,10H2,1-2H3,(H,22,24)(H,23,25)(H,26,27). The fourth-order valence-corrected chi connectivity index (χ4v) is 3.38. The number of nitrogens with one attached hydrogen (secondary N) is 2. The van der Waals surface area contributed by atoms with Gasteiger partial charge in [0.1, 0.15) is 0 Å². The number of rotatable bonds is 5. The third kappa shape index (κ3) is 4.16. The van der Waals surface area contributed by atoms with Crippen molar-refractivity contribution in [2.24, 2.45) is 5.92 Å². The summed E-state index contributed by atoms with van der Waals surface area (Å²) in [6, 6.07) is 10.9. The Bertz CT molecular complexity index is 920. The van der Waals surface area contributed by atoms with Crippen LogP contribution in [0.2, 0.25) is 0 Å². The quantitative estimate of drug-likeness (QED) is 0.754. The SMILES string of the molecule is Cc1cc(C)c(C(=O)O)cc1NC(=O)CCC1Cc2ccccc2NC1=O. The van der Waals surface area contributed by atoms with Gasteiger partial charge in [0.05, 0.1) is 5.56 Å². The molecule has 1 aliphatic rings. The zero-order valence-corrected chi connectivity index (χ0v) is 15.3. The fourth-order valence-electron chi connectivity index (χ4n) is 3.38. The van der Waals surface area contributed by atoms with Crippen LogP contribution in [0.15, 0.2) is 36.4 Å². The minimum absolute atomic E-state index is 0.0684. The van der Waals surface area contributed by atoms with Gasteiger partial charge in [0.15, 0.2) is 0 Å². The summed E-state index contributed by atoms with van der Waals surface area (Å²) in [6.07, 6.45) is 1.24. The van der Waals surface area contributed by atoms with Gasteiger partial charge in [-0.15, -0.1) is 0 Å². The Labute approximate surface area is 157 Å². The molecular formula is C21H22N2O4. The van der Waals surface area contributed by atoms with Crippen molar-refractivity contribution in [1.29, 1.82) is 0 Å². The molecule has 2 aromatic carbocycles. The first-order valence-electron chi connectivity index (χ1n) is 8.88. The number of aromatic carboxylic acids is 1. The number of carbonyl (C=O) groups excluding carboxylic acids is 2. The van der Waals surface area contributed by atoms with E-state index in [1.54, 1.807) is 13.0 Å². The summed E-state index contributed by atoms with van der Waals surface area (Å²) in [4.78, 5) is 35.8. The molecule has 3 rings (SSSR count). The summed E-state index contributed by atoms with van der Waals surface area (Å²) in [5.74, 6) is -1.58. The molecule has 2 aromatic rings. The highest BCUT2D eigenvalue weighted by molar-refractivity contribution is 5.97. The van der Waals surface area contributed by atoms with E-state index in [0.29, 0.717) is 24.1 Å². The molecule has 0 saturated carbocycles. The lowest BCUT2D eigenvalue weighted by Gasteiger charge is -2.24. The number of carboxylic acids is 1. The molecule has 6 nitrogen and oxygen atoms in total. The smallest absolute Gasteiger partial charge is 0.336 e. The van der Waals surface area contributed by atoms with Gasteiger partial charge in [0.25, 0.3) is 0 Å². The number of carboxylic acid groups (broad SMARTS) is 1. The van der Waals surface area contributed by atoms with E-state index in [2.05, 4.69) is 10.6 Å². The van der Waals surface area contributed by atoms with Crippen LogP contribution in [0, 0.1) is 19.8 Å². The summed E-state index contributed by atoms with van der Waals surface area (Å²) < 4.78 is 0. The molecule has 1 heterocycles. The summed E-state index contributed by atoms with van der Waals surface area (Å²) in [6.45, 7) is 3.54. The highest BCUT2D eigenvalue weighted by Crippen LogP contribution is 2.28. The van der Waals surface area contributed by atoms with Gasteiger partial charge in [-0.3, -0.25) is 9.59 Å². The predicted octanol–water partition coefficient (Wildman–Crippen LogP) is 3.53. The van der Waals surface area contributed by atoms with Crippen molar-refractivity contribution in [3.63, 3.8) is 0 Å². The van der Waals surface area contributed by atoms with Crippen LogP contribution in [0.3, 0.4) is 0 Å². The first kappa shape index (κ1) is 18.6. The van der Waals surface area contributed by atoms with Gasteiger partial charge in [-0.25, -0.2) is 4.79 Å². The molecule has 0 spiro atoms. The Morgan fingerprint density at radius 3 is 2.67 bits per heavy atom. The lowest BCUT2D eigenvalue weighted by molar-refractivity contribution is -0.121. The molecule has 0 fully saturated rings. The van der Waals surface area contributed by atoms with E-state index in [-0.39, 0.29) is 29.7 Å². The summed E-state index contributed by atoms with van der Waals surface area (Å²) >= 11 is 0. The van der Waals surface area contributed by atoms with Crippen LogP contribution in [0.4, 0.5) is 11.4 Å². The lowest BCUT2D eigenvalue weighted by Crippen LogP contribution is -2.30. The number of para-hydroxylation sites is 1. The van der Waals surface area contributed by atoms with E-state index in [9.17, 15) is 19.5 Å². The maximum Gasteiger partial charge on any atom is 0.336 e. The van der Waals surface area contributed by atoms with Crippen LogP contribution in [0.5, 0.6) is 0 Å². The largest absolute Gasteiger partial charge is 0.478 e. The molecule has 140 valence electrons. The Hall–Kier alpha value is -3.15.